The predicted octanol–water partition coefficient (Wildman–Crippen LogP) is 14.4. The first-order chi connectivity index (χ1) is 29.2. The molecule has 0 aromatic carbocycles. The maximum atomic E-state index is 12.5. The molecule has 0 saturated carbocycles. The van der Waals surface area contributed by atoms with Gasteiger partial charge in [0, 0.05) is 37.3 Å². The van der Waals surface area contributed by atoms with Crippen molar-refractivity contribution in [3.05, 3.63) is 0 Å². The maximum absolute atomic E-state index is 12.5. The number of rotatable bonds is 47. The van der Waals surface area contributed by atoms with Gasteiger partial charge in [0.05, 0.1) is 19.8 Å². The summed E-state index contributed by atoms with van der Waals surface area (Å²) in [5.41, 5.74) is -0.140. The van der Waals surface area contributed by atoms with Crippen LogP contribution in [0.4, 0.5) is 0 Å². The van der Waals surface area contributed by atoms with Gasteiger partial charge in [0.25, 0.3) is 0 Å². The molecular weight excluding hydrogens is 751 g/mol. The lowest BCUT2D eigenvalue weighted by atomic mass is 9.96. The molecule has 8 nitrogen and oxygen atoms in total. The van der Waals surface area contributed by atoms with Crippen molar-refractivity contribution in [1.29, 1.82) is 0 Å². The van der Waals surface area contributed by atoms with Crippen LogP contribution >= 0.6 is 0 Å². The van der Waals surface area contributed by atoms with Crippen LogP contribution in [0.3, 0.4) is 0 Å². The number of unbranched alkanes of at least 4 members (excludes halogenated alkanes) is 26. The van der Waals surface area contributed by atoms with Crippen LogP contribution in [0.1, 0.15) is 266 Å². The predicted molar refractivity (Wildman–Crippen MR) is 252 cm³/mol. The van der Waals surface area contributed by atoms with Crippen LogP contribution in [0.25, 0.3) is 0 Å². The molecule has 60 heavy (non-hydrogen) atoms. The molecule has 1 N–H and O–H groups in total. The zero-order chi connectivity index (χ0) is 44.2. The Bertz CT molecular complexity index is 927. The highest BCUT2D eigenvalue weighted by molar-refractivity contribution is 5.70. The van der Waals surface area contributed by atoms with Crippen LogP contribution in [0.15, 0.2) is 0 Å². The molecule has 0 saturated heterocycles. The lowest BCUT2D eigenvalue weighted by Gasteiger charge is -2.39. The van der Waals surface area contributed by atoms with Crippen LogP contribution in [0.2, 0.25) is 0 Å². The van der Waals surface area contributed by atoms with Gasteiger partial charge in [0.2, 0.25) is 0 Å². The smallest absolute Gasteiger partial charge is 0.305 e. The number of nitrogens with zero attached hydrogens (tertiary/aromatic N) is 1. The van der Waals surface area contributed by atoms with Gasteiger partial charge in [-0.2, -0.15) is 0 Å². The van der Waals surface area contributed by atoms with Gasteiger partial charge in [-0.25, -0.2) is 0 Å². The van der Waals surface area contributed by atoms with Gasteiger partial charge in [0.15, 0.2) is 0 Å². The third-order valence-corrected chi connectivity index (χ3v) is 12.4. The largest absolute Gasteiger partial charge is 0.466 e. The molecule has 0 amide bonds. The highest BCUT2D eigenvalue weighted by atomic mass is 16.5. The Labute approximate surface area is 372 Å². The zero-order valence-electron chi connectivity index (χ0n) is 40.6. The molecule has 0 aromatic rings. The summed E-state index contributed by atoms with van der Waals surface area (Å²) in [6.45, 7) is 14.1. The first-order valence-electron chi connectivity index (χ1n) is 26.0. The Morgan fingerprint density at radius 1 is 0.450 bits per heavy atom. The van der Waals surface area contributed by atoms with Gasteiger partial charge in [-0.3, -0.25) is 19.3 Å². The van der Waals surface area contributed by atoms with Crippen molar-refractivity contribution in [3.63, 3.8) is 0 Å². The summed E-state index contributed by atoms with van der Waals surface area (Å²) in [5, 5.41) is 9.81. The Morgan fingerprint density at radius 3 is 1.18 bits per heavy atom. The second-order valence-electron chi connectivity index (χ2n) is 18.7. The molecule has 0 aliphatic carbocycles. The minimum Gasteiger partial charge on any atom is -0.466 e. The van der Waals surface area contributed by atoms with Crippen LogP contribution in [-0.4, -0.2) is 73.0 Å². The minimum atomic E-state index is -0.153. The molecule has 0 aliphatic rings. The normalized spacial score (nSPS) is 11.8. The second-order valence-corrected chi connectivity index (χ2v) is 18.7. The average molecular weight is 852 g/mol. The van der Waals surface area contributed by atoms with Crippen LogP contribution in [0.5, 0.6) is 0 Å². The summed E-state index contributed by atoms with van der Waals surface area (Å²) < 4.78 is 16.9. The maximum Gasteiger partial charge on any atom is 0.305 e. The Kier molecular flexibility index (Phi) is 42.7. The fraction of sp³-hybridized carbons (Fsp3) is 0.942. The van der Waals surface area contributed by atoms with E-state index in [4.69, 9.17) is 14.2 Å². The number of aliphatic hydroxyl groups is 1. The molecule has 0 bridgehead atoms. The van der Waals surface area contributed by atoms with Crippen LogP contribution in [0, 0.1) is 5.92 Å². The number of carbonyl (C=O) groups excluding carboxylic acids is 3. The van der Waals surface area contributed by atoms with E-state index in [1.807, 2.05) is 0 Å². The van der Waals surface area contributed by atoms with Gasteiger partial charge in [-0.1, -0.05) is 181 Å². The van der Waals surface area contributed by atoms with Crippen molar-refractivity contribution >= 4 is 17.9 Å². The lowest BCUT2D eigenvalue weighted by molar-refractivity contribution is -0.149. The van der Waals surface area contributed by atoms with E-state index in [0.29, 0.717) is 45.5 Å². The van der Waals surface area contributed by atoms with Crippen molar-refractivity contribution in [1.82, 2.24) is 4.90 Å². The second kappa shape index (κ2) is 44.0. The number of esters is 3. The van der Waals surface area contributed by atoms with E-state index < -0.39 is 0 Å². The van der Waals surface area contributed by atoms with Gasteiger partial charge >= 0.3 is 17.9 Å². The monoisotopic (exact) mass is 852 g/mol. The van der Waals surface area contributed by atoms with Crippen molar-refractivity contribution in [3.8, 4) is 0 Å². The Morgan fingerprint density at radius 2 is 0.783 bits per heavy atom. The molecule has 0 aromatic heterocycles. The fourth-order valence-corrected chi connectivity index (χ4v) is 8.07. The summed E-state index contributed by atoms with van der Waals surface area (Å²) in [6, 6.07) is 0. The SMILES string of the molecule is CCCCCCCCCCCCCCCCCCOC(=O)CCCCCN(CCCCC(COC(=O)CCCCCCC)COC(=O)CCCCCCC)C(C)(C)CCO. The third kappa shape index (κ3) is 39.2. The van der Waals surface area contributed by atoms with Gasteiger partial charge < -0.3 is 19.3 Å². The van der Waals surface area contributed by atoms with Crippen LogP contribution < -0.4 is 0 Å². The molecular formula is C52H101NO7. The molecule has 8 heteroatoms. The Hall–Kier alpha value is -1.67. The van der Waals surface area contributed by atoms with E-state index in [1.54, 1.807) is 0 Å². The van der Waals surface area contributed by atoms with Crippen molar-refractivity contribution in [2.24, 2.45) is 5.92 Å². The first-order valence-corrected chi connectivity index (χ1v) is 26.0. The molecule has 0 spiro atoms. The standard InChI is InChI=1S/C52H101NO7/c1-6-9-12-15-16-17-18-19-20-21-22-23-24-25-28-36-45-58-49(55)38-32-29-34-42-53(52(4,5)41-44-54)43-35-33-37-48(46-59-50(56)39-30-26-13-10-7-2)47-60-51(57)40-31-27-14-11-8-3/h48,54H,6-47H2,1-5H3. The Balaban J connectivity index is 4.42. The summed E-state index contributed by atoms with van der Waals surface area (Å²) in [7, 11) is 0. The highest BCUT2D eigenvalue weighted by Gasteiger charge is 2.25. The van der Waals surface area contributed by atoms with E-state index in [1.165, 1.54) is 116 Å². The third-order valence-electron chi connectivity index (χ3n) is 12.4. The molecule has 0 fully saturated rings. The van der Waals surface area contributed by atoms with Crippen molar-refractivity contribution in [2.45, 2.75) is 271 Å². The number of carbonyl (C=O) groups is 3. The van der Waals surface area contributed by atoms with Crippen molar-refractivity contribution < 1.29 is 33.7 Å². The zero-order valence-corrected chi connectivity index (χ0v) is 40.6. The van der Waals surface area contributed by atoms with E-state index in [0.717, 1.165) is 103 Å². The van der Waals surface area contributed by atoms with Crippen LogP contribution in [-0.2, 0) is 28.6 Å². The van der Waals surface area contributed by atoms with Crippen molar-refractivity contribution in [2.75, 3.05) is 39.5 Å². The molecule has 356 valence electrons. The first kappa shape index (κ1) is 58.3. The highest BCUT2D eigenvalue weighted by Crippen LogP contribution is 2.22. The molecule has 0 aliphatic heterocycles. The molecule has 0 atom stereocenters. The molecule has 0 rings (SSSR count). The quantitative estimate of drug-likeness (QED) is 0.0367. The molecule has 0 radical (unpaired) electrons. The van der Waals surface area contributed by atoms with Gasteiger partial charge in [0.1, 0.15) is 0 Å². The summed E-state index contributed by atoms with van der Waals surface area (Å²) >= 11 is 0. The number of hydrogen-bond acceptors (Lipinski definition) is 8. The van der Waals surface area contributed by atoms with Gasteiger partial charge in [-0.15, -0.1) is 0 Å². The van der Waals surface area contributed by atoms with E-state index in [-0.39, 0.29) is 36.0 Å². The van der Waals surface area contributed by atoms with Gasteiger partial charge in [-0.05, 0) is 78.3 Å². The number of aliphatic hydroxyl groups excluding tert-OH is 1. The fourth-order valence-electron chi connectivity index (χ4n) is 8.07. The average Bonchev–Trinajstić information content (AvgIpc) is 3.22. The number of hydrogen-bond donors (Lipinski definition) is 1. The summed E-state index contributed by atoms with van der Waals surface area (Å²) in [6.07, 6.45) is 39.9. The number of ether oxygens (including phenoxy) is 3. The molecule has 0 heterocycles. The summed E-state index contributed by atoms with van der Waals surface area (Å²) in [5.74, 6) is -0.391. The van der Waals surface area contributed by atoms with E-state index >= 15 is 0 Å². The minimum absolute atomic E-state index is 0.0131. The van der Waals surface area contributed by atoms with E-state index in [2.05, 4.69) is 39.5 Å². The summed E-state index contributed by atoms with van der Waals surface area (Å²) in [4.78, 5) is 39.9. The molecule has 0 unspecified atom stereocenters. The topological polar surface area (TPSA) is 102 Å². The van der Waals surface area contributed by atoms with E-state index in [9.17, 15) is 19.5 Å². The lowest BCUT2D eigenvalue weighted by Crippen LogP contribution is -2.45.